The van der Waals surface area contributed by atoms with E-state index in [2.05, 4.69) is 48.4 Å². The van der Waals surface area contributed by atoms with Crippen LogP contribution in [0.5, 0.6) is 0 Å². The molecule has 2 aromatic carbocycles. The molecule has 0 spiro atoms. The molecule has 5 heteroatoms. The van der Waals surface area contributed by atoms with Crippen molar-refractivity contribution in [3.05, 3.63) is 64.8 Å². The number of hydrogen-bond acceptors (Lipinski definition) is 3. The van der Waals surface area contributed by atoms with Gasteiger partial charge in [-0.15, -0.1) is 0 Å². The molecule has 4 rings (SSSR count). The van der Waals surface area contributed by atoms with E-state index in [-0.39, 0.29) is 5.91 Å². The molecule has 0 saturated carbocycles. The van der Waals surface area contributed by atoms with Crippen LogP contribution in [0.4, 0.5) is 5.69 Å². The minimum Gasteiger partial charge on any atom is -0.399 e. The molecular formula is C24H30N4O. The maximum Gasteiger partial charge on any atom is 0.270 e. The topological polar surface area (TPSA) is 54.5 Å². The van der Waals surface area contributed by atoms with Crippen LogP contribution in [0.2, 0.25) is 0 Å². The molecule has 0 aliphatic carbocycles. The summed E-state index contributed by atoms with van der Waals surface area (Å²) in [5, 5.41) is 1.02. The fourth-order valence-corrected chi connectivity index (χ4v) is 4.21. The zero-order valence-corrected chi connectivity index (χ0v) is 17.6. The lowest BCUT2D eigenvalue weighted by molar-refractivity contribution is 0.0633. The van der Waals surface area contributed by atoms with Gasteiger partial charge in [0.1, 0.15) is 5.69 Å². The Bertz CT molecular complexity index is 1040. The normalized spacial score (nSPS) is 15.2. The molecule has 2 N–H and O–H groups in total. The number of nitrogens with zero attached hydrogens (tertiary/aromatic N) is 3. The Labute approximate surface area is 172 Å². The summed E-state index contributed by atoms with van der Waals surface area (Å²) in [7, 11) is 0. The SMILES string of the molecule is CCN1CCN(C(=O)c2cc3cc(N)ccc3n2Cc2cc(C)ccc2C)CC1. The molecule has 0 radical (unpaired) electrons. The number of nitrogens with two attached hydrogens (primary N) is 1. The second kappa shape index (κ2) is 7.91. The highest BCUT2D eigenvalue weighted by molar-refractivity contribution is 5.99. The van der Waals surface area contributed by atoms with Gasteiger partial charge in [0, 0.05) is 49.3 Å². The number of fused-ring (bicyclic) bond motifs is 1. The highest BCUT2D eigenvalue weighted by Crippen LogP contribution is 2.26. The summed E-state index contributed by atoms with van der Waals surface area (Å²) >= 11 is 0. The van der Waals surface area contributed by atoms with Crippen LogP contribution in [0.25, 0.3) is 10.9 Å². The zero-order chi connectivity index (χ0) is 20.5. The Kier molecular flexibility index (Phi) is 5.33. The van der Waals surface area contributed by atoms with Gasteiger partial charge in [0.05, 0.1) is 0 Å². The van der Waals surface area contributed by atoms with Crippen LogP contribution in [-0.4, -0.2) is 53.0 Å². The van der Waals surface area contributed by atoms with Crippen molar-refractivity contribution in [2.45, 2.75) is 27.3 Å². The van der Waals surface area contributed by atoms with Gasteiger partial charge in [-0.05, 0) is 55.8 Å². The van der Waals surface area contributed by atoms with E-state index in [0.717, 1.165) is 55.0 Å². The third-order valence-electron chi connectivity index (χ3n) is 6.08. The summed E-state index contributed by atoms with van der Waals surface area (Å²) in [5.74, 6) is 0.112. The van der Waals surface area contributed by atoms with Gasteiger partial charge in [-0.1, -0.05) is 30.7 Å². The minimum atomic E-state index is 0.112. The molecule has 0 unspecified atom stereocenters. The van der Waals surface area contributed by atoms with E-state index in [1.54, 1.807) is 0 Å². The Balaban J connectivity index is 1.74. The average molecular weight is 391 g/mol. The fraction of sp³-hybridized carbons (Fsp3) is 0.375. The Hall–Kier alpha value is -2.79. The molecule has 1 aliphatic rings. The average Bonchev–Trinajstić information content (AvgIpc) is 3.07. The Morgan fingerprint density at radius 1 is 1.00 bits per heavy atom. The van der Waals surface area contributed by atoms with Crippen molar-refractivity contribution in [2.24, 2.45) is 0 Å². The molecule has 1 aromatic heterocycles. The van der Waals surface area contributed by atoms with E-state index in [1.807, 2.05) is 29.2 Å². The first-order chi connectivity index (χ1) is 14.0. The Morgan fingerprint density at radius 2 is 1.76 bits per heavy atom. The number of rotatable bonds is 4. The minimum absolute atomic E-state index is 0.112. The summed E-state index contributed by atoms with van der Waals surface area (Å²) in [4.78, 5) is 17.8. The summed E-state index contributed by atoms with van der Waals surface area (Å²) in [6, 6.07) is 14.4. The second-order valence-corrected chi connectivity index (χ2v) is 8.09. The molecule has 1 amide bonds. The second-order valence-electron chi connectivity index (χ2n) is 8.09. The van der Waals surface area contributed by atoms with E-state index < -0.39 is 0 Å². The number of aromatic nitrogens is 1. The van der Waals surface area contributed by atoms with Crippen LogP contribution in [0.3, 0.4) is 0 Å². The maximum atomic E-state index is 13.5. The highest BCUT2D eigenvalue weighted by atomic mass is 16.2. The molecule has 1 fully saturated rings. The number of nitrogen functional groups attached to an aromatic ring is 1. The molecule has 5 nitrogen and oxygen atoms in total. The molecular weight excluding hydrogens is 360 g/mol. The van der Waals surface area contributed by atoms with Crippen LogP contribution in [0.15, 0.2) is 42.5 Å². The fourth-order valence-electron chi connectivity index (χ4n) is 4.21. The van der Waals surface area contributed by atoms with Crippen LogP contribution < -0.4 is 5.73 Å². The molecule has 3 aromatic rings. The number of hydrogen-bond donors (Lipinski definition) is 1. The van der Waals surface area contributed by atoms with Crippen molar-refractivity contribution in [1.82, 2.24) is 14.4 Å². The number of amides is 1. The van der Waals surface area contributed by atoms with E-state index >= 15 is 0 Å². The van der Waals surface area contributed by atoms with E-state index in [9.17, 15) is 4.79 Å². The van der Waals surface area contributed by atoms with Gasteiger partial charge in [-0.25, -0.2) is 0 Å². The van der Waals surface area contributed by atoms with Gasteiger partial charge in [0.15, 0.2) is 0 Å². The van der Waals surface area contributed by atoms with Gasteiger partial charge in [-0.3, -0.25) is 4.79 Å². The number of benzene rings is 2. The van der Waals surface area contributed by atoms with Crippen molar-refractivity contribution in [1.29, 1.82) is 0 Å². The van der Waals surface area contributed by atoms with Crippen molar-refractivity contribution >= 4 is 22.5 Å². The van der Waals surface area contributed by atoms with Gasteiger partial charge >= 0.3 is 0 Å². The van der Waals surface area contributed by atoms with Gasteiger partial charge < -0.3 is 20.1 Å². The molecule has 2 heterocycles. The van der Waals surface area contributed by atoms with Crippen molar-refractivity contribution in [3.63, 3.8) is 0 Å². The summed E-state index contributed by atoms with van der Waals surface area (Å²) in [6.45, 7) is 11.5. The number of carbonyl (C=O) groups is 1. The molecule has 1 saturated heterocycles. The van der Waals surface area contributed by atoms with E-state index in [0.29, 0.717) is 6.54 Å². The van der Waals surface area contributed by atoms with Gasteiger partial charge in [0.25, 0.3) is 5.91 Å². The standard InChI is InChI=1S/C24H30N4O/c1-4-26-9-11-27(12-10-26)24(29)23-15-19-14-21(25)7-8-22(19)28(23)16-20-13-17(2)5-6-18(20)3/h5-8,13-15H,4,9-12,16,25H2,1-3H3. The lowest BCUT2D eigenvalue weighted by Gasteiger charge is -2.34. The predicted octanol–water partition coefficient (Wildman–Crippen LogP) is 3.67. The van der Waals surface area contributed by atoms with E-state index in [1.165, 1.54) is 16.7 Å². The van der Waals surface area contributed by atoms with Crippen LogP contribution in [-0.2, 0) is 6.54 Å². The lowest BCUT2D eigenvalue weighted by Crippen LogP contribution is -2.48. The van der Waals surface area contributed by atoms with Gasteiger partial charge in [0.2, 0.25) is 0 Å². The third kappa shape index (κ3) is 3.87. The first kappa shape index (κ1) is 19.5. The quantitative estimate of drug-likeness (QED) is 0.692. The van der Waals surface area contributed by atoms with Crippen molar-refractivity contribution in [2.75, 3.05) is 38.5 Å². The monoisotopic (exact) mass is 390 g/mol. The summed E-state index contributed by atoms with van der Waals surface area (Å²) < 4.78 is 2.16. The van der Waals surface area contributed by atoms with Crippen LogP contribution in [0, 0.1) is 13.8 Å². The molecule has 29 heavy (non-hydrogen) atoms. The first-order valence-electron chi connectivity index (χ1n) is 10.4. The van der Waals surface area contributed by atoms with Crippen LogP contribution in [0.1, 0.15) is 34.1 Å². The molecule has 0 atom stereocenters. The number of anilines is 1. The molecule has 1 aliphatic heterocycles. The van der Waals surface area contributed by atoms with Crippen molar-refractivity contribution < 1.29 is 4.79 Å². The molecule has 152 valence electrons. The summed E-state index contributed by atoms with van der Waals surface area (Å²) in [6.07, 6.45) is 0. The lowest BCUT2D eigenvalue weighted by atomic mass is 10.1. The van der Waals surface area contributed by atoms with Gasteiger partial charge in [-0.2, -0.15) is 0 Å². The number of carbonyl (C=O) groups excluding carboxylic acids is 1. The Morgan fingerprint density at radius 3 is 2.48 bits per heavy atom. The van der Waals surface area contributed by atoms with Crippen LogP contribution >= 0.6 is 0 Å². The molecule has 0 bridgehead atoms. The number of aryl methyl sites for hydroxylation is 2. The smallest absolute Gasteiger partial charge is 0.270 e. The predicted molar refractivity (Wildman–Crippen MR) is 119 cm³/mol. The highest BCUT2D eigenvalue weighted by Gasteiger charge is 2.25. The number of likely N-dealkylation sites (N-methyl/N-ethyl adjacent to an activating group) is 1. The zero-order valence-electron chi connectivity index (χ0n) is 17.6. The largest absolute Gasteiger partial charge is 0.399 e. The number of piperazine rings is 1. The maximum absolute atomic E-state index is 13.5. The first-order valence-corrected chi connectivity index (χ1v) is 10.4. The summed E-state index contributed by atoms with van der Waals surface area (Å²) in [5.41, 5.74) is 12.2. The third-order valence-corrected chi connectivity index (χ3v) is 6.08. The van der Waals surface area contributed by atoms with E-state index in [4.69, 9.17) is 5.73 Å². The van der Waals surface area contributed by atoms with Crippen molar-refractivity contribution in [3.8, 4) is 0 Å².